The second kappa shape index (κ2) is 5.85. The maximum atomic E-state index is 11.9. The Balaban J connectivity index is 2.44. The van der Waals surface area contributed by atoms with Crippen molar-refractivity contribution in [1.82, 2.24) is 0 Å². The normalized spacial score (nSPS) is 25.0. The Morgan fingerprint density at radius 1 is 1.06 bits per heavy atom. The van der Waals surface area contributed by atoms with Crippen LogP contribution in [0.25, 0.3) is 0 Å². The molecule has 0 bridgehead atoms. The van der Waals surface area contributed by atoms with Crippen molar-refractivity contribution in [2.45, 2.75) is 60.3 Å². The van der Waals surface area contributed by atoms with Crippen LogP contribution < -0.4 is 0 Å². The predicted octanol–water partition coefficient (Wildman–Crippen LogP) is 3.56. The molecular weight excluding hydrogens is 228 g/mol. The van der Waals surface area contributed by atoms with E-state index in [1.54, 1.807) is 20.8 Å². The third-order valence-corrected chi connectivity index (χ3v) is 3.85. The monoisotopic (exact) mass is 254 g/mol. The number of esters is 2. The van der Waals surface area contributed by atoms with Gasteiger partial charge in [-0.2, -0.15) is 0 Å². The Labute approximate surface area is 110 Å². The summed E-state index contributed by atoms with van der Waals surface area (Å²) in [5.41, 5.74) is -0.606. The molecule has 0 aromatic carbocycles. The lowest BCUT2D eigenvalue weighted by atomic mass is 9.77. The highest BCUT2D eigenvalue weighted by Crippen LogP contribution is 2.34. The fraction of sp³-hybridized carbons (Fsp3) is 0.867. The molecule has 1 fully saturated rings. The van der Waals surface area contributed by atoms with E-state index in [4.69, 9.17) is 4.74 Å². The third kappa shape index (κ3) is 4.11. The molecule has 1 rings (SSSR count). The molecule has 0 aliphatic heterocycles. The van der Waals surface area contributed by atoms with Crippen molar-refractivity contribution in [3.05, 3.63) is 0 Å². The molecule has 0 saturated heterocycles. The number of ether oxygens (including phenoxy) is 1. The van der Waals surface area contributed by atoms with Gasteiger partial charge in [-0.3, -0.25) is 9.59 Å². The summed E-state index contributed by atoms with van der Waals surface area (Å²) in [6, 6.07) is 0. The maximum Gasteiger partial charge on any atom is 0.318 e. The van der Waals surface area contributed by atoms with Gasteiger partial charge in [0.2, 0.25) is 0 Å². The van der Waals surface area contributed by atoms with Crippen LogP contribution in [0.4, 0.5) is 0 Å². The van der Waals surface area contributed by atoms with Crippen LogP contribution in [0.1, 0.15) is 60.3 Å². The minimum atomic E-state index is -0.606. The predicted molar refractivity (Wildman–Crippen MR) is 70.8 cm³/mol. The molecule has 0 N–H and O–H groups in total. The molecule has 0 unspecified atom stereocenters. The first-order chi connectivity index (χ1) is 8.21. The Morgan fingerprint density at radius 3 is 1.94 bits per heavy atom. The van der Waals surface area contributed by atoms with E-state index in [2.05, 4.69) is 13.8 Å². The quantitative estimate of drug-likeness (QED) is 0.559. The molecule has 0 radical (unpaired) electrons. The van der Waals surface area contributed by atoms with Crippen molar-refractivity contribution in [1.29, 1.82) is 0 Å². The van der Waals surface area contributed by atoms with E-state index in [0.29, 0.717) is 11.8 Å². The van der Waals surface area contributed by atoms with Crippen molar-refractivity contribution in [3.8, 4) is 0 Å². The van der Waals surface area contributed by atoms with Gasteiger partial charge >= 0.3 is 11.9 Å². The fourth-order valence-electron chi connectivity index (χ4n) is 2.35. The number of carbonyl (C=O) groups is 2. The molecule has 0 aromatic rings. The minimum Gasteiger partial charge on any atom is -0.393 e. The molecular formula is C15H26O3. The van der Waals surface area contributed by atoms with E-state index in [1.165, 1.54) is 0 Å². The zero-order chi connectivity index (χ0) is 13.9. The lowest BCUT2D eigenvalue weighted by molar-refractivity contribution is -0.169. The van der Waals surface area contributed by atoms with Crippen LogP contribution >= 0.6 is 0 Å². The highest BCUT2D eigenvalue weighted by Gasteiger charge is 2.32. The van der Waals surface area contributed by atoms with E-state index in [1.807, 2.05) is 0 Å². The van der Waals surface area contributed by atoms with Crippen molar-refractivity contribution in [2.75, 3.05) is 0 Å². The molecule has 104 valence electrons. The summed E-state index contributed by atoms with van der Waals surface area (Å²) >= 11 is 0. The topological polar surface area (TPSA) is 43.4 Å². The average molecular weight is 254 g/mol. The zero-order valence-electron chi connectivity index (χ0n) is 12.3. The second-order valence-electron chi connectivity index (χ2n) is 6.81. The van der Waals surface area contributed by atoms with E-state index in [-0.39, 0.29) is 11.9 Å². The lowest BCUT2D eigenvalue weighted by Crippen LogP contribution is -2.31. The molecule has 1 aliphatic rings. The number of rotatable bonds is 2. The zero-order valence-corrected chi connectivity index (χ0v) is 12.3. The SMILES string of the molecule is CC(C)C1CCC(C(=O)OC(=O)C(C)(C)C)CC1. The van der Waals surface area contributed by atoms with E-state index in [9.17, 15) is 9.59 Å². The molecule has 0 spiro atoms. The molecule has 1 aliphatic carbocycles. The molecule has 0 heterocycles. The highest BCUT2D eigenvalue weighted by molar-refractivity contribution is 5.89. The van der Waals surface area contributed by atoms with Crippen LogP contribution in [0.15, 0.2) is 0 Å². The number of hydrogen-bond acceptors (Lipinski definition) is 3. The molecule has 1 saturated carbocycles. The summed E-state index contributed by atoms with van der Waals surface area (Å²) in [5, 5.41) is 0. The maximum absolute atomic E-state index is 11.9. The Hall–Kier alpha value is -0.860. The number of carbonyl (C=O) groups excluding carboxylic acids is 2. The summed E-state index contributed by atoms with van der Waals surface area (Å²) in [6.45, 7) is 9.74. The number of hydrogen-bond donors (Lipinski definition) is 0. The van der Waals surface area contributed by atoms with Crippen LogP contribution in [0.5, 0.6) is 0 Å². The molecule has 0 amide bonds. The smallest absolute Gasteiger partial charge is 0.318 e. The van der Waals surface area contributed by atoms with Gasteiger partial charge in [0.15, 0.2) is 0 Å². The third-order valence-electron chi connectivity index (χ3n) is 3.85. The van der Waals surface area contributed by atoms with Crippen molar-refractivity contribution in [2.24, 2.45) is 23.2 Å². The van der Waals surface area contributed by atoms with Crippen LogP contribution in [0, 0.1) is 23.2 Å². The molecule has 0 aromatic heterocycles. The van der Waals surface area contributed by atoms with Gasteiger partial charge in [0.1, 0.15) is 0 Å². The molecule has 3 nitrogen and oxygen atoms in total. The van der Waals surface area contributed by atoms with Crippen LogP contribution in [0.3, 0.4) is 0 Å². The van der Waals surface area contributed by atoms with Gasteiger partial charge < -0.3 is 4.74 Å². The van der Waals surface area contributed by atoms with Crippen LogP contribution in [0.2, 0.25) is 0 Å². The Kier molecular flexibility index (Phi) is 4.94. The Morgan fingerprint density at radius 2 is 1.56 bits per heavy atom. The molecule has 3 heteroatoms. The average Bonchev–Trinajstić information content (AvgIpc) is 2.27. The largest absolute Gasteiger partial charge is 0.393 e. The van der Waals surface area contributed by atoms with Gasteiger partial charge in [-0.15, -0.1) is 0 Å². The van der Waals surface area contributed by atoms with Gasteiger partial charge in [-0.1, -0.05) is 13.8 Å². The van der Waals surface area contributed by atoms with Crippen molar-refractivity contribution in [3.63, 3.8) is 0 Å². The summed E-state index contributed by atoms with van der Waals surface area (Å²) < 4.78 is 4.97. The minimum absolute atomic E-state index is 0.0775. The van der Waals surface area contributed by atoms with Crippen molar-refractivity contribution < 1.29 is 14.3 Å². The van der Waals surface area contributed by atoms with E-state index in [0.717, 1.165) is 25.7 Å². The van der Waals surface area contributed by atoms with Crippen LogP contribution in [-0.2, 0) is 14.3 Å². The molecule has 0 atom stereocenters. The first-order valence-electron chi connectivity index (χ1n) is 6.98. The summed E-state index contributed by atoms with van der Waals surface area (Å²) in [5.74, 6) is 0.576. The second-order valence-corrected chi connectivity index (χ2v) is 6.81. The summed E-state index contributed by atoms with van der Waals surface area (Å²) in [4.78, 5) is 23.5. The first-order valence-corrected chi connectivity index (χ1v) is 6.98. The van der Waals surface area contributed by atoms with Gasteiger partial charge in [0.05, 0.1) is 11.3 Å². The summed E-state index contributed by atoms with van der Waals surface area (Å²) in [6.07, 6.45) is 3.86. The van der Waals surface area contributed by atoms with Crippen LogP contribution in [-0.4, -0.2) is 11.9 Å². The first kappa shape index (κ1) is 15.2. The van der Waals surface area contributed by atoms with Gasteiger partial charge in [-0.25, -0.2) is 0 Å². The fourth-order valence-corrected chi connectivity index (χ4v) is 2.35. The molecule has 18 heavy (non-hydrogen) atoms. The van der Waals surface area contributed by atoms with Gasteiger partial charge in [0, 0.05) is 0 Å². The highest BCUT2D eigenvalue weighted by atomic mass is 16.6. The lowest BCUT2D eigenvalue weighted by Gasteiger charge is -2.29. The standard InChI is InChI=1S/C15H26O3/c1-10(2)11-6-8-12(9-7-11)13(16)18-14(17)15(3,4)5/h10-12H,6-9H2,1-5H3. The van der Waals surface area contributed by atoms with Gasteiger partial charge in [-0.05, 0) is 58.3 Å². The van der Waals surface area contributed by atoms with E-state index < -0.39 is 11.4 Å². The summed E-state index contributed by atoms with van der Waals surface area (Å²) in [7, 11) is 0. The Bertz CT molecular complexity index is 304. The van der Waals surface area contributed by atoms with Crippen molar-refractivity contribution >= 4 is 11.9 Å². The van der Waals surface area contributed by atoms with E-state index >= 15 is 0 Å². The van der Waals surface area contributed by atoms with Gasteiger partial charge in [0.25, 0.3) is 0 Å².